The van der Waals surface area contributed by atoms with Crippen molar-refractivity contribution in [3.05, 3.63) is 35.4 Å². The van der Waals surface area contributed by atoms with Crippen LogP contribution in [0.25, 0.3) is 0 Å². The minimum absolute atomic E-state index is 0.674. The van der Waals surface area contributed by atoms with Crippen molar-refractivity contribution in [3.63, 3.8) is 0 Å². The van der Waals surface area contributed by atoms with Gasteiger partial charge in [-0.05, 0) is 61.6 Å². The summed E-state index contributed by atoms with van der Waals surface area (Å²) in [4.78, 5) is 0. The molecular formula is C21H31NO. The standard InChI is InChI=1S/C21H31NO/c1-2-3-4-5-6-15-23-17-19-9-13-21(14-10-19)20-11-7-18(16-22)8-12-20/h7-8,11-12,19,21H,2-6,9-10,13-15,17H2,1H3. The van der Waals surface area contributed by atoms with Crippen LogP contribution in [0, 0.1) is 17.2 Å². The summed E-state index contributed by atoms with van der Waals surface area (Å²) in [5, 5.41) is 8.87. The molecule has 2 heteroatoms. The van der Waals surface area contributed by atoms with Gasteiger partial charge in [-0.3, -0.25) is 0 Å². The second-order valence-electron chi connectivity index (χ2n) is 6.94. The summed E-state index contributed by atoms with van der Waals surface area (Å²) in [7, 11) is 0. The lowest BCUT2D eigenvalue weighted by Gasteiger charge is -2.28. The Hall–Kier alpha value is -1.33. The van der Waals surface area contributed by atoms with Crippen LogP contribution in [0.5, 0.6) is 0 Å². The average molecular weight is 313 g/mol. The molecule has 2 rings (SSSR count). The van der Waals surface area contributed by atoms with E-state index in [0.29, 0.717) is 5.92 Å². The quantitative estimate of drug-likeness (QED) is 0.538. The van der Waals surface area contributed by atoms with E-state index in [2.05, 4.69) is 25.1 Å². The minimum atomic E-state index is 0.674. The average Bonchev–Trinajstić information content (AvgIpc) is 2.61. The number of nitrogens with zero attached hydrogens (tertiary/aromatic N) is 1. The summed E-state index contributed by atoms with van der Waals surface area (Å²) in [6.07, 6.45) is 11.6. The van der Waals surface area contributed by atoms with E-state index in [1.807, 2.05) is 12.1 Å². The van der Waals surface area contributed by atoms with Gasteiger partial charge in [0.05, 0.1) is 11.6 Å². The molecule has 1 aliphatic rings. The van der Waals surface area contributed by atoms with Gasteiger partial charge < -0.3 is 4.74 Å². The maximum atomic E-state index is 8.87. The highest BCUT2D eigenvalue weighted by molar-refractivity contribution is 5.33. The molecule has 0 amide bonds. The number of benzene rings is 1. The molecule has 0 radical (unpaired) electrons. The van der Waals surface area contributed by atoms with Crippen LogP contribution in [0.4, 0.5) is 0 Å². The first kappa shape index (κ1) is 18.0. The fourth-order valence-corrected chi connectivity index (χ4v) is 3.55. The summed E-state index contributed by atoms with van der Waals surface area (Å²) in [6, 6.07) is 10.4. The Morgan fingerprint density at radius 1 is 1.00 bits per heavy atom. The van der Waals surface area contributed by atoms with E-state index in [1.165, 1.54) is 63.4 Å². The van der Waals surface area contributed by atoms with E-state index in [9.17, 15) is 0 Å². The second-order valence-corrected chi connectivity index (χ2v) is 6.94. The van der Waals surface area contributed by atoms with Gasteiger partial charge >= 0.3 is 0 Å². The first-order valence-corrected chi connectivity index (χ1v) is 9.41. The summed E-state index contributed by atoms with van der Waals surface area (Å²) in [6.45, 7) is 4.15. The summed E-state index contributed by atoms with van der Waals surface area (Å²) in [5.41, 5.74) is 2.16. The van der Waals surface area contributed by atoms with Crippen LogP contribution in [0.15, 0.2) is 24.3 Å². The second kappa shape index (κ2) is 10.4. The Kier molecular flexibility index (Phi) is 8.18. The first-order chi connectivity index (χ1) is 11.3. The molecule has 126 valence electrons. The van der Waals surface area contributed by atoms with Crippen LogP contribution < -0.4 is 0 Å². The fourth-order valence-electron chi connectivity index (χ4n) is 3.55. The zero-order valence-electron chi connectivity index (χ0n) is 14.6. The van der Waals surface area contributed by atoms with Gasteiger partial charge in [0.1, 0.15) is 0 Å². The molecule has 0 N–H and O–H groups in total. The molecule has 1 aliphatic carbocycles. The van der Waals surface area contributed by atoms with Crippen LogP contribution >= 0.6 is 0 Å². The maximum absolute atomic E-state index is 8.87. The predicted molar refractivity (Wildman–Crippen MR) is 95.4 cm³/mol. The number of unbranched alkanes of at least 4 members (excludes halogenated alkanes) is 4. The lowest BCUT2D eigenvalue weighted by Crippen LogP contribution is -2.18. The fraction of sp³-hybridized carbons (Fsp3) is 0.667. The van der Waals surface area contributed by atoms with Crippen LogP contribution in [-0.2, 0) is 4.74 Å². The molecule has 0 saturated heterocycles. The van der Waals surface area contributed by atoms with Crippen molar-refractivity contribution in [2.45, 2.75) is 70.6 Å². The van der Waals surface area contributed by atoms with Gasteiger partial charge in [0.2, 0.25) is 0 Å². The monoisotopic (exact) mass is 313 g/mol. The van der Waals surface area contributed by atoms with Gasteiger partial charge in [0.15, 0.2) is 0 Å². The van der Waals surface area contributed by atoms with E-state index >= 15 is 0 Å². The normalized spacial score (nSPS) is 21.0. The van der Waals surface area contributed by atoms with Crippen molar-refractivity contribution >= 4 is 0 Å². The Bertz CT molecular complexity index is 466. The molecule has 0 heterocycles. The number of rotatable bonds is 9. The maximum Gasteiger partial charge on any atom is 0.0991 e. The molecule has 1 saturated carbocycles. The molecule has 1 aromatic carbocycles. The topological polar surface area (TPSA) is 33.0 Å². The molecule has 0 bridgehead atoms. The zero-order chi connectivity index (χ0) is 16.3. The van der Waals surface area contributed by atoms with E-state index in [4.69, 9.17) is 10.00 Å². The Morgan fingerprint density at radius 2 is 1.70 bits per heavy atom. The first-order valence-electron chi connectivity index (χ1n) is 9.41. The molecule has 23 heavy (non-hydrogen) atoms. The molecule has 0 atom stereocenters. The van der Waals surface area contributed by atoms with Crippen LogP contribution in [0.1, 0.15) is 81.8 Å². The third kappa shape index (κ3) is 6.36. The van der Waals surface area contributed by atoms with Gasteiger partial charge in [-0.1, -0.05) is 44.7 Å². The number of nitriles is 1. The summed E-state index contributed by atoms with van der Waals surface area (Å²) < 4.78 is 5.89. The Labute approximate surface area is 141 Å². The number of hydrogen-bond donors (Lipinski definition) is 0. The van der Waals surface area contributed by atoms with Gasteiger partial charge in [-0.2, -0.15) is 5.26 Å². The molecule has 1 fully saturated rings. The highest BCUT2D eigenvalue weighted by Gasteiger charge is 2.22. The Morgan fingerprint density at radius 3 is 2.35 bits per heavy atom. The van der Waals surface area contributed by atoms with E-state index < -0.39 is 0 Å². The van der Waals surface area contributed by atoms with Gasteiger partial charge in [0.25, 0.3) is 0 Å². The van der Waals surface area contributed by atoms with E-state index in [-0.39, 0.29) is 0 Å². The smallest absolute Gasteiger partial charge is 0.0991 e. The molecule has 0 aromatic heterocycles. The summed E-state index contributed by atoms with van der Waals surface area (Å²) >= 11 is 0. The summed E-state index contributed by atoms with van der Waals surface area (Å²) in [5.74, 6) is 1.42. The molecule has 1 aromatic rings. The van der Waals surface area contributed by atoms with E-state index in [0.717, 1.165) is 24.7 Å². The van der Waals surface area contributed by atoms with Gasteiger partial charge in [-0.25, -0.2) is 0 Å². The van der Waals surface area contributed by atoms with Crippen molar-refractivity contribution in [2.24, 2.45) is 5.92 Å². The number of ether oxygens (including phenoxy) is 1. The van der Waals surface area contributed by atoms with Crippen LogP contribution in [0.3, 0.4) is 0 Å². The Balaban J connectivity index is 1.59. The molecular weight excluding hydrogens is 282 g/mol. The lowest BCUT2D eigenvalue weighted by molar-refractivity contribution is 0.0799. The zero-order valence-corrected chi connectivity index (χ0v) is 14.6. The molecule has 2 nitrogen and oxygen atoms in total. The van der Waals surface area contributed by atoms with Crippen LogP contribution in [0.2, 0.25) is 0 Å². The largest absolute Gasteiger partial charge is 0.381 e. The third-order valence-electron chi connectivity index (χ3n) is 5.10. The van der Waals surface area contributed by atoms with Crippen LogP contribution in [-0.4, -0.2) is 13.2 Å². The lowest BCUT2D eigenvalue weighted by atomic mass is 9.79. The predicted octanol–water partition coefficient (Wildman–Crippen LogP) is 5.82. The SMILES string of the molecule is CCCCCCCOCC1CCC(c2ccc(C#N)cc2)CC1. The number of hydrogen-bond acceptors (Lipinski definition) is 2. The van der Waals surface area contributed by atoms with Crippen molar-refractivity contribution < 1.29 is 4.74 Å². The van der Waals surface area contributed by atoms with Crippen molar-refractivity contribution in [3.8, 4) is 6.07 Å². The molecule has 0 unspecified atom stereocenters. The minimum Gasteiger partial charge on any atom is -0.381 e. The van der Waals surface area contributed by atoms with Crippen molar-refractivity contribution in [1.29, 1.82) is 5.26 Å². The molecule has 0 aliphatic heterocycles. The highest BCUT2D eigenvalue weighted by Crippen LogP contribution is 2.35. The van der Waals surface area contributed by atoms with E-state index in [1.54, 1.807) is 0 Å². The third-order valence-corrected chi connectivity index (χ3v) is 5.10. The van der Waals surface area contributed by atoms with Crippen molar-refractivity contribution in [1.82, 2.24) is 0 Å². The van der Waals surface area contributed by atoms with Crippen molar-refractivity contribution in [2.75, 3.05) is 13.2 Å². The molecule has 0 spiro atoms. The van der Waals surface area contributed by atoms with Gasteiger partial charge in [-0.15, -0.1) is 0 Å². The van der Waals surface area contributed by atoms with Gasteiger partial charge in [0, 0.05) is 13.2 Å². The highest BCUT2D eigenvalue weighted by atomic mass is 16.5.